The first-order valence-electron chi connectivity index (χ1n) is 7.87. The van der Waals surface area contributed by atoms with Crippen LogP contribution in [0.4, 0.5) is 43.9 Å². The molecular formula is C13H20F10NO4P. The number of halogens is 10. The van der Waals surface area contributed by atoms with Crippen LogP contribution < -0.4 is 0 Å². The van der Waals surface area contributed by atoms with Gasteiger partial charge in [0.25, 0.3) is 0 Å². The number of piperidine rings is 1. The summed E-state index contributed by atoms with van der Waals surface area (Å²) in [6.07, 6.45) is -13.8. The highest BCUT2D eigenvalue weighted by atomic mass is 31.2. The molecule has 0 spiro atoms. The van der Waals surface area contributed by atoms with Crippen molar-refractivity contribution in [3.05, 3.63) is 0 Å². The van der Waals surface area contributed by atoms with E-state index in [1.807, 2.05) is 0 Å². The number of hydrogen-bond acceptors (Lipinski definition) is 2. The van der Waals surface area contributed by atoms with Gasteiger partial charge in [0.05, 0.1) is 6.54 Å². The molecule has 16 heteroatoms. The fraction of sp³-hybridized carbons (Fsp3) is 1.00. The molecule has 2 unspecified atom stereocenters. The average molecular weight is 475 g/mol. The van der Waals surface area contributed by atoms with Crippen LogP contribution >= 0.6 is 7.82 Å². The van der Waals surface area contributed by atoms with E-state index in [-0.39, 0.29) is 19.3 Å². The number of nitrogens with zero attached hydrogens (tertiary/aromatic N) is 1. The van der Waals surface area contributed by atoms with Gasteiger partial charge in [0.1, 0.15) is 0 Å². The van der Waals surface area contributed by atoms with Crippen LogP contribution in [0.1, 0.15) is 39.5 Å². The number of phosphoric acid groups is 1. The smallest absolute Gasteiger partial charge is 0.303 e. The van der Waals surface area contributed by atoms with Gasteiger partial charge in [0, 0.05) is 18.0 Å². The largest absolute Gasteiger partial charge is 0.466 e. The van der Waals surface area contributed by atoms with Gasteiger partial charge in [-0.25, -0.2) is 4.57 Å². The van der Waals surface area contributed by atoms with Crippen LogP contribution in [0.2, 0.25) is 0 Å². The molecule has 1 saturated heterocycles. The van der Waals surface area contributed by atoms with Crippen molar-refractivity contribution in [3.63, 3.8) is 0 Å². The molecule has 0 radical (unpaired) electrons. The van der Waals surface area contributed by atoms with Gasteiger partial charge in [0.15, 0.2) is 0 Å². The summed E-state index contributed by atoms with van der Waals surface area (Å²) in [6.45, 7) is 0.145. The molecule has 0 aliphatic carbocycles. The second-order valence-electron chi connectivity index (χ2n) is 6.96. The average Bonchev–Trinajstić information content (AvgIpc) is 2.38. The molecule has 0 aromatic rings. The molecule has 1 aliphatic rings. The highest BCUT2D eigenvalue weighted by Gasteiger charge is 2.64. The van der Waals surface area contributed by atoms with Crippen LogP contribution in [0.3, 0.4) is 0 Å². The van der Waals surface area contributed by atoms with E-state index in [0.29, 0.717) is 4.90 Å². The van der Waals surface area contributed by atoms with E-state index >= 15 is 0 Å². The summed E-state index contributed by atoms with van der Waals surface area (Å²) >= 11 is 0. The van der Waals surface area contributed by atoms with Gasteiger partial charge in [0.2, 0.25) is 0 Å². The number of rotatable bonds is 4. The van der Waals surface area contributed by atoms with Gasteiger partial charge >= 0.3 is 32.0 Å². The Balaban J connectivity index is 0.00000139. The molecule has 29 heavy (non-hydrogen) atoms. The summed E-state index contributed by atoms with van der Waals surface area (Å²) < 4.78 is 137. The van der Waals surface area contributed by atoms with Gasteiger partial charge in [-0.2, -0.15) is 43.9 Å². The SMILES string of the molecule is CC1CCCC(C)(CC(F)(F)C(F)(F)F)N1CC(F)(F)C(F)(F)F.O=P(O)(O)O. The van der Waals surface area contributed by atoms with E-state index in [1.54, 1.807) is 0 Å². The molecule has 1 aliphatic heterocycles. The number of hydrogen-bond donors (Lipinski definition) is 3. The topological polar surface area (TPSA) is 81.0 Å². The van der Waals surface area contributed by atoms with Crippen molar-refractivity contribution in [3.8, 4) is 0 Å². The fourth-order valence-corrected chi connectivity index (χ4v) is 3.03. The lowest BCUT2D eigenvalue weighted by Crippen LogP contribution is -2.62. The molecular weight excluding hydrogens is 455 g/mol. The zero-order valence-corrected chi connectivity index (χ0v) is 15.9. The summed E-state index contributed by atoms with van der Waals surface area (Å²) in [7, 11) is -4.64. The van der Waals surface area contributed by atoms with Crippen molar-refractivity contribution >= 4 is 7.82 Å². The van der Waals surface area contributed by atoms with E-state index in [4.69, 9.17) is 19.2 Å². The molecule has 0 saturated carbocycles. The lowest BCUT2D eigenvalue weighted by Gasteiger charge is -2.51. The van der Waals surface area contributed by atoms with Crippen molar-refractivity contribution in [1.29, 1.82) is 0 Å². The van der Waals surface area contributed by atoms with E-state index in [1.165, 1.54) is 6.92 Å². The predicted molar refractivity (Wildman–Crippen MR) is 79.3 cm³/mol. The van der Waals surface area contributed by atoms with Crippen molar-refractivity contribution in [2.45, 2.75) is 75.3 Å². The normalized spacial score (nSPS) is 25.4. The third kappa shape index (κ3) is 8.56. The van der Waals surface area contributed by atoms with Crippen LogP contribution in [-0.4, -0.2) is 61.9 Å². The molecule has 1 rings (SSSR count). The maximum atomic E-state index is 13.4. The van der Waals surface area contributed by atoms with E-state index in [2.05, 4.69) is 0 Å². The Hall–Kier alpha value is -0.630. The molecule has 2 atom stereocenters. The second kappa shape index (κ2) is 8.85. The summed E-state index contributed by atoms with van der Waals surface area (Å²) in [5, 5.41) is 0. The Kier molecular flexibility index (Phi) is 8.66. The van der Waals surface area contributed by atoms with Gasteiger partial charge in [-0.15, -0.1) is 0 Å². The molecule has 1 fully saturated rings. The molecule has 0 bridgehead atoms. The Bertz CT molecular complexity index is 583. The summed E-state index contributed by atoms with van der Waals surface area (Å²) in [4.78, 5) is 22.0. The summed E-state index contributed by atoms with van der Waals surface area (Å²) in [5.41, 5.74) is -2.13. The Morgan fingerprint density at radius 2 is 1.31 bits per heavy atom. The monoisotopic (exact) mass is 475 g/mol. The van der Waals surface area contributed by atoms with Gasteiger partial charge in [-0.3, -0.25) is 4.90 Å². The highest BCUT2D eigenvalue weighted by Crippen LogP contribution is 2.48. The number of likely N-dealkylation sites (tertiary alicyclic amines) is 1. The van der Waals surface area contributed by atoms with Gasteiger partial charge in [-0.05, 0) is 26.7 Å². The second-order valence-corrected chi connectivity index (χ2v) is 7.99. The van der Waals surface area contributed by atoms with Crippen molar-refractivity contribution < 1.29 is 63.1 Å². The first-order valence-corrected chi connectivity index (χ1v) is 9.44. The molecule has 5 nitrogen and oxygen atoms in total. The van der Waals surface area contributed by atoms with Crippen molar-refractivity contribution in [2.24, 2.45) is 0 Å². The predicted octanol–water partition coefficient (Wildman–Crippen LogP) is 4.48. The van der Waals surface area contributed by atoms with Crippen LogP contribution in [0.15, 0.2) is 0 Å². The van der Waals surface area contributed by atoms with Gasteiger partial charge < -0.3 is 14.7 Å². The third-order valence-corrected chi connectivity index (χ3v) is 4.36. The van der Waals surface area contributed by atoms with E-state index in [0.717, 1.165) is 6.92 Å². The maximum absolute atomic E-state index is 13.4. The van der Waals surface area contributed by atoms with Crippen LogP contribution in [0.5, 0.6) is 0 Å². The van der Waals surface area contributed by atoms with Gasteiger partial charge in [-0.1, -0.05) is 6.42 Å². The van der Waals surface area contributed by atoms with E-state index < -0.39 is 56.6 Å². The minimum absolute atomic E-state index is 0.126. The minimum atomic E-state index is -5.92. The molecule has 0 aromatic carbocycles. The van der Waals surface area contributed by atoms with Crippen molar-refractivity contribution in [1.82, 2.24) is 4.90 Å². The molecule has 3 N–H and O–H groups in total. The van der Waals surface area contributed by atoms with Crippen LogP contribution in [0.25, 0.3) is 0 Å². The summed E-state index contributed by atoms with van der Waals surface area (Å²) in [6, 6.07) is -0.985. The maximum Gasteiger partial charge on any atom is 0.466 e. The first kappa shape index (κ1) is 28.4. The molecule has 176 valence electrons. The van der Waals surface area contributed by atoms with Crippen LogP contribution in [-0.2, 0) is 4.57 Å². The highest BCUT2D eigenvalue weighted by molar-refractivity contribution is 7.45. The standard InChI is InChI=1S/C13H17F10N.H3O4P/c1-8-4-3-5-9(2,6-10(14,15)12(18,19)20)24(8)7-11(16,17)13(21,22)23;1-5(2,3)4/h8H,3-7H2,1-2H3;(H3,1,2,3,4). The first-order chi connectivity index (χ1) is 12.4. The quantitative estimate of drug-likeness (QED) is 0.413. The Morgan fingerprint density at radius 3 is 1.66 bits per heavy atom. The van der Waals surface area contributed by atoms with E-state index in [9.17, 15) is 43.9 Å². The Morgan fingerprint density at radius 1 is 0.931 bits per heavy atom. The molecule has 0 amide bonds. The molecule has 1 heterocycles. The molecule has 0 aromatic heterocycles. The van der Waals surface area contributed by atoms with Crippen LogP contribution in [0, 0.1) is 0 Å². The lowest BCUT2D eigenvalue weighted by molar-refractivity contribution is -0.306. The zero-order chi connectivity index (χ0) is 23.7. The summed E-state index contributed by atoms with van der Waals surface area (Å²) in [5.74, 6) is -10.4. The fourth-order valence-electron chi connectivity index (χ4n) is 3.03. The van der Waals surface area contributed by atoms with Crippen molar-refractivity contribution in [2.75, 3.05) is 6.54 Å². The lowest BCUT2D eigenvalue weighted by atomic mass is 9.80. The zero-order valence-electron chi connectivity index (χ0n) is 15.0. The minimum Gasteiger partial charge on any atom is -0.303 e. The third-order valence-electron chi connectivity index (χ3n) is 4.36. The Labute approximate surface area is 158 Å². The number of alkyl halides is 10.